The lowest BCUT2D eigenvalue weighted by Crippen LogP contribution is -2.00. The second kappa shape index (κ2) is 5.09. The van der Waals surface area contributed by atoms with E-state index in [1.165, 1.54) is 0 Å². The van der Waals surface area contributed by atoms with E-state index in [2.05, 4.69) is 40.7 Å². The van der Waals surface area contributed by atoms with E-state index >= 15 is 0 Å². The van der Waals surface area contributed by atoms with Crippen LogP contribution in [0.25, 0.3) is 16.9 Å². The largest absolute Gasteiger partial charge is 0.227 e. The molecule has 2 aromatic heterocycles. The number of rotatable bonds is 2. The fourth-order valence-electron chi connectivity index (χ4n) is 2.02. The summed E-state index contributed by atoms with van der Waals surface area (Å²) in [6.45, 7) is 2.12. The molecule has 0 aliphatic heterocycles. The molecule has 3 aromatic rings. The highest BCUT2D eigenvalue weighted by atomic mass is 127. The zero-order chi connectivity index (χ0) is 13.4. The fraction of sp³-hybridized carbons (Fsp3) is 0.143. The molecule has 0 atom stereocenters. The van der Waals surface area contributed by atoms with Gasteiger partial charge in [0.25, 0.3) is 0 Å². The molecule has 96 valence electrons. The monoisotopic (exact) mass is 383 g/mol. The SMILES string of the molecule is CCc1cc(-c2ccc(Cl)cc2)nc2c(I)cnn12. The molecule has 0 N–H and O–H groups in total. The van der Waals surface area contributed by atoms with Crippen LogP contribution in [0, 0.1) is 3.57 Å². The van der Waals surface area contributed by atoms with E-state index in [1.807, 2.05) is 35.0 Å². The van der Waals surface area contributed by atoms with Crippen LogP contribution in [0.5, 0.6) is 0 Å². The van der Waals surface area contributed by atoms with Crippen molar-refractivity contribution in [2.24, 2.45) is 0 Å². The Morgan fingerprint density at radius 2 is 2.00 bits per heavy atom. The van der Waals surface area contributed by atoms with Gasteiger partial charge in [0.2, 0.25) is 0 Å². The Kier molecular flexibility index (Phi) is 3.45. The maximum atomic E-state index is 5.92. The van der Waals surface area contributed by atoms with Gasteiger partial charge in [-0.1, -0.05) is 30.7 Å². The van der Waals surface area contributed by atoms with Gasteiger partial charge in [-0.25, -0.2) is 9.50 Å². The molecule has 0 radical (unpaired) electrons. The summed E-state index contributed by atoms with van der Waals surface area (Å²) in [6, 6.07) is 9.83. The number of halogens is 2. The van der Waals surface area contributed by atoms with Crippen molar-refractivity contribution in [3.8, 4) is 11.3 Å². The van der Waals surface area contributed by atoms with Gasteiger partial charge in [-0.2, -0.15) is 5.10 Å². The van der Waals surface area contributed by atoms with E-state index in [1.54, 1.807) is 0 Å². The first-order chi connectivity index (χ1) is 9.19. The zero-order valence-electron chi connectivity index (χ0n) is 10.3. The Hall–Kier alpha value is -1.14. The first kappa shape index (κ1) is 12.9. The molecule has 0 saturated carbocycles. The molecule has 0 aliphatic carbocycles. The lowest BCUT2D eigenvalue weighted by atomic mass is 10.1. The molecule has 0 aliphatic rings. The molecule has 19 heavy (non-hydrogen) atoms. The number of fused-ring (bicyclic) bond motifs is 1. The van der Waals surface area contributed by atoms with Gasteiger partial charge < -0.3 is 0 Å². The van der Waals surface area contributed by atoms with Gasteiger partial charge in [-0.15, -0.1) is 0 Å². The minimum Gasteiger partial charge on any atom is -0.227 e. The quantitative estimate of drug-likeness (QED) is 0.620. The molecule has 2 heterocycles. The molecular weight excluding hydrogens is 373 g/mol. The first-order valence-corrected chi connectivity index (χ1v) is 7.44. The van der Waals surface area contributed by atoms with E-state index in [4.69, 9.17) is 16.6 Å². The molecule has 0 spiro atoms. The van der Waals surface area contributed by atoms with Crippen LogP contribution in [0.3, 0.4) is 0 Å². The molecule has 0 unspecified atom stereocenters. The predicted molar refractivity (Wildman–Crippen MR) is 85.5 cm³/mol. The Bertz CT molecular complexity index is 734. The van der Waals surface area contributed by atoms with Crippen LogP contribution < -0.4 is 0 Å². The van der Waals surface area contributed by atoms with Crippen LogP contribution in [0.2, 0.25) is 5.02 Å². The summed E-state index contributed by atoms with van der Waals surface area (Å²) in [4.78, 5) is 4.69. The highest BCUT2D eigenvalue weighted by molar-refractivity contribution is 14.1. The third kappa shape index (κ3) is 2.34. The third-order valence-corrected chi connectivity index (χ3v) is 4.02. The molecule has 0 bridgehead atoms. The van der Waals surface area contributed by atoms with Crippen LogP contribution in [-0.2, 0) is 6.42 Å². The maximum Gasteiger partial charge on any atom is 0.169 e. The summed E-state index contributed by atoms with van der Waals surface area (Å²) < 4.78 is 2.96. The van der Waals surface area contributed by atoms with Crippen molar-refractivity contribution < 1.29 is 0 Å². The van der Waals surface area contributed by atoms with E-state index in [0.717, 1.165) is 37.6 Å². The smallest absolute Gasteiger partial charge is 0.169 e. The highest BCUT2D eigenvalue weighted by Crippen LogP contribution is 2.23. The average molecular weight is 384 g/mol. The molecule has 0 fully saturated rings. The van der Waals surface area contributed by atoms with Crippen molar-refractivity contribution in [3.63, 3.8) is 0 Å². The van der Waals surface area contributed by atoms with E-state index in [9.17, 15) is 0 Å². The summed E-state index contributed by atoms with van der Waals surface area (Å²) in [5.41, 5.74) is 4.08. The lowest BCUT2D eigenvalue weighted by Gasteiger charge is -2.07. The second-order valence-corrected chi connectivity index (χ2v) is 5.82. The van der Waals surface area contributed by atoms with Gasteiger partial charge in [-0.05, 0) is 47.2 Å². The van der Waals surface area contributed by atoms with Crippen molar-refractivity contribution in [2.45, 2.75) is 13.3 Å². The number of aromatic nitrogens is 3. The van der Waals surface area contributed by atoms with E-state index in [-0.39, 0.29) is 0 Å². The second-order valence-electron chi connectivity index (χ2n) is 4.22. The van der Waals surface area contributed by atoms with Crippen molar-refractivity contribution in [1.29, 1.82) is 0 Å². The van der Waals surface area contributed by atoms with Crippen molar-refractivity contribution in [1.82, 2.24) is 14.6 Å². The summed E-state index contributed by atoms with van der Waals surface area (Å²) in [6.07, 6.45) is 2.76. The molecule has 3 nitrogen and oxygen atoms in total. The predicted octanol–water partition coefficient (Wildman–Crippen LogP) is 4.22. The molecule has 5 heteroatoms. The van der Waals surface area contributed by atoms with Gasteiger partial charge in [-0.3, -0.25) is 0 Å². The summed E-state index contributed by atoms with van der Waals surface area (Å²) >= 11 is 8.19. The highest BCUT2D eigenvalue weighted by Gasteiger charge is 2.10. The van der Waals surface area contributed by atoms with Crippen molar-refractivity contribution >= 4 is 39.8 Å². The number of nitrogens with zero attached hydrogens (tertiary/aromatic N) is 3. The van der Waals surface area contributed by atoms with Crippen LogP contribution in [0.1, 0.15) is 12.6 Å². The topological polar surface area (TPSA) is 30.2 Å². The standard InChI is InChI=1S/C14H11ClIN3/c1-2-11-7-13(9-3-5-10(15)6-4-9)18-14-12(16)8-17-19(11)14/h3-8H,2H2,1H3. The molecule has 0 saturated heterocycles. The average Bonchev–Trinajstić information content (AvgIpc) is 2.80. The minimum absolute atomic E-state index is 0.736. The summed E-state index contributed by atoms with van der Waals surface area (Å²) in [5.74, 6) is 0. The number of hydrogen-bond donors (Lipinski definition) is 0. The number of benzene rings is 1. The fourth-order valence-corrected chi connectivity index (χ4v) is 2.62. The molecule has 3 rings (SSSR count). The minimum atomic E-state index is 0.736. The van der Waals surface area contributed by atoms with Crippen molar-refractivity contribution in [3.05, 3.63) is 50.8 Å². The Morgan fingerprint density at radius 1 is 1.26 bits per heavy atom. The van der Waals surface area contributed by atoms with Gasteiger partial charge >= 0.3 is 0 Å². The Balaban J connectivity index is 2.23. The third-order valence-electron chi connectivity index (χ3n) is 3.00. The summed E-state index contributed by atoms with van der Waals surface area (Å²) in [7, 11) is 0. The first-order valence-electron chi connectivity index (χ1n) is 5.98. The van der Waals surface area contributed by atoms with Gasteiger partial charge in [0.1, 0.15) is 0 Å². The van der Waals surface area contributed by atoms with Crippen LogP contribution in [0.4, 0.5) is 0 Å². The Morgan fingerprint density at radius 3 is 2.68 bits per heavy atom. The van der Waals surface area contributed by atoms with Gasteiger partial charge in [0, 0.05) is 16.3 Å². The van der Waals surface area contributed by atoms with Gasteiger partial charge in [0.05, 0.1) is 15.5 Å². The molecular formula is C14H11ClIN3. The maximum absolute atomic E-state index is 5.92. The lowest BCUT2D eigenvalue weighted by molar-refractivity contribution is 0.851. The van der Waals surface area contributed by atoms with Crippen LogP contribution in [0.15, 0.2) is 36.5 Å². The van der Waals surface area contributed by atoms with Crippen LogP contribution >= 0.6 is 34.2 Å². The van der Waals surface area contributed by atoms with Gasteiger partial charge in [0.15, 0.2) is 5.65 Å². The number of hydrogen-bond acceptors (Lipinski definition) is 2. The molecule has 0 amide bonds. The Labute approximate surface area is 129 Å². The zero-order valence-corrected chi connectivity index (χ0v) is 13.2. The number of aryl methyl sites for hydroxylation is 1. The van der Waals surface area contributed by atoms with Crippen LogP contribution in [-0.4, -0.2) is 14.6 Å². The summed E-state index contributed by atoms with van der Waals surface area (Å²) in [5, 5.41) is 5.10. The molecule has 1 aromatic carbocycles. The van der Waals surface area contributed by atoms with Crippen molar-refractivity contribution in [2.75, 3.05) is 0 Å². The normalized spacial score (nSPS) is 11.1. The van der Waals surface area contributed by atoms with E-state index < -0.39 is 0 Å². The van der Waals surface area contributed by atoms with E-state index in [0.29, 0.717) is 0 Å².